The Labute approximate surface area is 510 Å². The van der Waals surface area contributed by atoms with E-state index < -0.39 is 0 Å². The molecule has 0 spiro atoms. The molecule has 2 aliphatic heterocycles. The van der Waals surface area contributed by atoms with Crippen molar-refractivity contribution in [3.8, 4) is 16.8 Å². The zero-order valence-electron chi connectivity index (χ0n) is 46.0. The van der Waals surface area contributed by atoms with Crippen molar-refractivity contribution in [1.29, 1.82) is 0 Å². The van der Waals surface area contributed by atoms with E-state index in [1.807, 2.05) is 11.3 Å². The SMILES string of the molecule is Brc1ccc(N2c3ccccc3N(c3ccccc3)c3ccccc32)cc1.c1ccc(N2c3ccccc3N(c3ccc(-n4c5ccccc5c5cc6ccsc6cc54)cc3)c3ccccc32)cc1.c1ccc2c(c1)Cc1cc3sccc3cc1-2. The van der Waals surface area contributed by atoms with E-state index in [9.17, 15) is 0 Å². The summed E-state index contributed by atoms with van der Waals surface area (Å²) in [6.07, 6.45) is 1.10. The Balaban J connectivity index is 0.000000116. The number of halogens is 1. The average molecular weight is 1190 g/mol. The first-order valence-electron chi connectivity index (χ1n) is 28.6. The Hall–Kier alpha value is -9.96. The van der Waals surface area contributed by atoms with Crippen LogP contribution in [0.1, 0.15) is 11.1 Å². The van der Waals surface area contributed by atoms with Gasteiger partial charge in [0.2, 0.25) is 0 Å². The molecule has 0 saturated heterocycles. The fourth-order valence-corrected chi connectivity index (χ4v) is 14.7. The molecule has 3 aliphatic rings. The van der Waals surface area contributed by atoms with Gasteiger partial charge in [-0.25, -0.2) is 0 Å². The van der Waals surface area contributed by atoms with Crippen LogP contribution in [0.5, 0.6) is 0 Å². The standard InChI is InChI=1S/C38H25N3S.C24H17BrN2.C15H10S/c1-2-10-27(11-3-1)40-33-14-6-8-16-35(33)41(36-17-9-7-15-34(36)40)29-20-18-28(19-21-29)39-32-13-5-4-12-30(32)31-24-26-22-23-42-38(26)25-37(31)39;25-18-14-16-20(17-15-18)27-23-12-6-4-10-21(23)26(19-8-2-1-3-9-19)22-11-5-7-13-24(22)27;1-2-4-13-10(3-1)7-12-9-15-11(5-6-16-15)8-14(12)13/h1-25H;1-17H;1-6,8-9H,7H2. The second kappa shape index (κ2) is 21.3. The number of benzene rings is 12. The molecule has 5 nitrogen and oxygen atoms in total. The summed E-state index contributed by atoms with van der Waals surface area (Å²) in [5, 5.41) is 9.60. The molecule has 1 aliphatic carbocycles. The first-order chi connectivity index (χ1) is 42.1. The molecule has 18 rings (SSSR count). The smallest absolute Gasteiger partial charge is 0.0703 e. The Kier molecular flexibility index (Phi) is 12.7. The number of anilines is 12. The van der Waals surface area contributed by atoms with Gasteiger partial charge in [-0.2, -0.15) is 0 Å². The van der Waals surface area contributed by atoms with Gasteiger partial charge in [0.05, 0.1) is 56.5 Å². The minimum absolute atomic E-state index is 1.08. The number of aromatic nitrogens is 1. The second-order valence-electron chi connectivity index (χ2n) is 21.4. The van der Waals surface area contributed by atoms with Crippen LogP contribution in [-0.4, -0.2) is 4.57 Å². The van der Waals surface area contributed by atoms with E-state index in [0.29, 0.717) is 0 Å². The van der Waals surface area contributed by atoms with E-state index in [0.717, 1.165) is 62.1 Å². The third kappa shape index (κ3) is 8.88. The Bertz CT molecular complexity index is 4880. The van der Waals surface area contributed by atoms with Gasteiger partial charge in [0.1, 0.15) is 0 Å². The van der Waals surface area contributed by atoms with Crippen molar-refractivity contribution >= 4 is 149 Å². The van der Waals surface area contributed by atoms with Crippen LogP contribution >= 0.6 is 38.6 Å². The summed E-state index contributed by atoms with van der Waals surface area (Å²) in [5.74, 6) is 0. The summed E-state index contributed by atoms with van der Waals surface area (Å²) in [6.45, 7) is 0. The average Bonchev–Trinajstić information content (AvgIpc) is 3.08. The molecule has 0 saturated carbocycles. The maximum absolute atomic E-state index is 3.55. The van der Waals surface area contributed by atoms with Gasteiger partial charge in [-0.15, -0.1) is 22.7 Å². The molecule has 3 aromatic heterocycles. The normalized spacial score (nSPS) is 12.6. The highest BCUT2D eigenvalue weighted by Crippen LogP contribution is 2.56. The summed E-state index contributed by atoms with van der Waals surface area (Å²) in [4.78, 5) is 9.41. The number of thiophene rings is 2. The topological polar surface area (TPSA) is 17.9 Å². The predicted molar refractivity (Wildman–Crippen MR) is 366 cm³/mol. The lowest BCUT2D eigenvalue weighted by molar-refractivity contribution is 1.15. The van der Waals surface area contributed by atoms with Gasteiger partial charge in [-0.05, 0) is 214 Å². The minimum Gasteiger partial charge on any atom is -0.309 e. The van der Waals surface area contributed by atoms with Crippen molar-refractivity contribution in [2.75, 3.05) is 19.6 Å². The molecule has 0 radical (unpaired) electrons. The highest BCUT2D eigenvalue weighted by atomic mass is 79.9. The Morgan fingerprint density at radius 3 is 1.20 bits per heavy atom. The summed E-state index contributed by atoms with van der Waals surface area (Å²) in [7, 11) is 0. The van der Waals surface area contributed by atoms with Crippen molar-refractivity contribution < 1.29 is 0 Å². The molecule has 0 amide bonds. The van der Waals surface area contributed by atoms with Crippen LogP contribution in [0.4, 0.5) is 68.2 Å². The van der Waals surface area contributed by atoms with Gasteiger partial charge in [-0.1, -0.05) is 143 Å². The lowest BCUT2D eigenvalue weighted by Gasteiger charge is -2.40. The zero-order chi connectivity index (χ0) is 56.4. The number of nitrogens with zero attached hydrogens (tertiary/aromatic N) is 5. The Morgan fingerprint density at radius 2 is 0.682 bits per heavy atom. The summed E-state index contributed by atoms with van der Waals surface area (Å²) in [6, 6.07) is 104. The van der Waals surface area contributed by atoms with E-state index >= 15 is 0 Å². The summed E-state index contributed by atoms with van der Waals surface area (Å²) in [5.41, 5.74) is 23.3. The number of para-hydroxylation sites is 11. The Morgan fingerprint density at radius 1 is 0.282 bits per heavy atom. The van der Waals surface area contributed by atoms with Crippen molar-refractivity contribution in [1.82, 2.24) is 4.57 Å². The van der Waals surface area contributed by atoms with Gasteiger partial charge < -0.3 is 24.2 Å². The van der Waals surface area contributed by atoms with E-state index in [2.05, 4.69) is 342 Å². The molecule has 0 atom stereocenters. The van der Waals surface area contributed by atoms with Gasteiger partial charge in [0.15, 0.2) is 0 Å². The fraction of sp³-hybridized carbons (Fsp3) is 0.0130. The van der Waals surface area contributed by atoms with Crippen molar-refractivity contribution in [2.24, 2.45) is 0 Å². The maximum Gasteiger partial charge on any atom is 0.0703 e. The highest BCUT2D eigenvalue weighted by Gasteiger charge is 2.32. The van der Waals surface area contributed by atoms with Crippen molar-refractivity contribution in [3.63, 3.8) is 0 Å². The number of hydrogen-bond donors (Lipinski definition) is 0. The van der Waals surface area contributed by atoms with Crippen molar-refractivity contribution in [3.05, 3.63) is 318 Å². The third-order valence-corrected chi connectivity index (χ3v) is 18.8. The first kappa shape index (κ1) is 50.7. The fourth-order valence-electron chi connectivity index (χ4n) is 12.8. The maximum atomic E-state index is 3.55. The van der Waals surface area contributed by atoms with E-state index in [-0.39, 0.29) is 0 Å². The summed E-state index contributed by atoms with van der Waals surface area (Å²) >= 11 is 7.18. The van der Waals surface area contributed by atoms with Gasteiger partial charge >= 0.3 is 0 Å². The van der Waals surface area contributed by atoms with Crippen LogP contribution in [0.3, 0.4) is 0 Å². The minimum atomic E-state index is 1.08. The van der Waals surface area contributed by atoms with Gasteiger partial charge in [0.25, 0.3) is 0 Å². The molecule has 85 heavy (non-hydrogen) atoms. The number of rotatable bonds is 5. The lowest BCUT2D eigenvalue weighted by atomic mass is 10.0. The van der Waals surface area contributed by atoms with E-state index in [1.54, 1.807) is 11.3 Å². The molecule has 0 unspecified atom stereocenters. The monoisotopic (exact) mass is 1190 g/mol. The van der Waals surface area contributed by atoms with Gasteiger partial charge in [-0.3, -0.25) is 0 Å². The first-order valence-corrected chi connectivity index (χ1v) is 31.2. The van der Waals surface area contributed by atoms with Gasteiger partial charge in [0, 0.05) is 53.1 Å². The molecule has 0 bridgehead atoms. The quantitative estimate of drug-likeness (QED) is 0.171. The highest BCUT2D eigenvalue weighted by molar-refractivity contribution is 9.10. The van der Waals surface area contributed by atoms with Crippen LogP contribution in [0.2, 0.25) is 0 Å². The largest absolute Gasteiger partial charge is 0.309 e. The lowest BCUT2D eigenvalue weighted by Crippen LogP contribution is -2.23. The molecule has 404 valence electrons. The number of hydrogen-bond acceptors (Lipinski definition) is 6. The van der Waals surface area contributed by atoms with Crippen LogP contribution < -0.4 is 19.6 Å². The molecule has 12 aromatic carbocycles. The molecular weight excluding hydrogens is 1140 g/mol. The molecule has 5 heterocycles. The van der Waals surface area contributed by atoms with Crippen LogP contribution in [0.25, 0.3) is 58.8 Å². The van der Waals surface area contributed by atoms with Crippen LogP contribution in [0.15, 0.2) is 306 Å². The molecule has 8 heteroatoms. The molecule has 15 aromatic rings. The van der Waals surface area contributed by atoms with E-state index in [1.165, 1.54) is 87.0 Å². The van der Waals surface area contributed by atoms with Crippen molar-refractivity contribution in [2.45, 2.75) is 6.42 Å². The zero-order valence-corrected chi connectivity index (χ0v) is 49.2. The number of fused-ring (bicyclic) bond motifs is 12. The second-order valence-corrected chi connectivity index (χ2v) is 24.3. The predicted octanol–water partition coefficient (Wildman–Crippen LogP) is 23.4. The molecule has 0 N–H and O–H groups in total. The van der Waals surface area contributed by atoms with Crippen LogP contribution in [0, 0.1) is 0 Å². The molecular formula is C77H52BrN5S2. The van der Waals surface area contributed by atoms with Crippen LogP contribution in [-0.2, 0) is 6.42 Å². The third-order valence-electron chi connectivity index (χ3n) is 16.5. The van der Waals surface area contributed by atoms with E-state index in [4.69, 9.17) is 0 Å². The summed E-state index contributed by atoms with van der Waals surface area (Å²) < 4.78 is 6.21. The molecule has 0 fully saturated rings.